The van der Waals surface area contributed by atoms with Crippen molar-refractivity contribution in [1.29, 1.82) is 0 Å². The molecule has 0 aliphatic heterocycles. The summed E-state index contributed by atoms with van der Waals surface area (Å²) in [7, 11) is 1.48. The first kappa shape index (κ1) is 58.5. The molecule has 0 radical (unpaired) electrons. The maximum Gasteiger partial charge on any atom is 0.472 e. The van der Waals surface area contributed by atoms with E-state index in [4.69, 9.17) is 18.5 Å². The van der Waals surface area contributed by atoms with E-state index >= 15 is 0 Å². The Labute approximate surface area is 370 Å². The number of hydrogen-bond acceptors (Lipinski definition) is 7. The van der Waals surface area contributed by atoms with Gasteiger partial charge in [-0.3, -0.25) is 18.6 Å². The number of phosphoric ester groups is 1. The molecule has 0 aromatic heterocycles. The van der Waals surface area contributed by atoms with Crippen molar-refractivity contribution >= 4 is 19.8 Å². The first-order valence-corrected chi connectivity index (χ1v) is 26.5. The maximum atomic E-state index is 12.7. The number of unbranched alkanes of at least 4 members (excludes halogenated alkanes) is 30. The van der Waals surface area contributed by atoms with Gasteiger partial charge >= 0.3 is 19.8 Å². The van der Waals surface area contributed by atoms with Gasteiger partial charge in [0.15, 0.2) is 6.10 Å². The number of quaternary nitrogens is 1. The van der Waals surface area contributed by atoms with Gasteiger partial charge in [-0.05, 0) is 51.4 Å². The van der Waals surface area contributed by atoms with Crippen LogP contribution in [0.1, 0.15) is 232 Å². The average molecular weight is 871 g/mol. The molecule has 0 spiro atoms. The van der Waals surface area contributed by atoms with Crippen molar-refractivity contribution in [1.82, 2.24) is 0 Å². The number of ether oxygens (including phenoxy) is 2. The summed E-state index contributed by atoms with van der Waals surface area (Å²) in [6, 6.07) is 0. The van der Waals surface area contributed by atoms with E-state index in [0.29, 0.717) is 17.4 Å². The molecule has 354 valence electrons. The Morgan fingerprint density at radius 2 is 0.933 bits per heavy atom. The molecular formula is C50H97NO8P+. The highest BCUT2D eigenvalue weighted by molar-refractivity contribution is 7.47. The molecule has 60 heavy (non-hydrogen) atoms. The highest BCUT2D eigenvalue weighted by Gasteiger charge is 2.27. The van der Waals surface area contributed by atoms with Crippen LogP contribution in [0.15, 0.2) is 24.8 Å². The van der Waals surface area contributed by atoms with Gasteiger partial charge < -0.3 is 18.9 Å². The minimum absolute atomic E-state index is 0.0329. The molecule has 10 heteroatoms. The average Bonchev–Trinajstić information content (AvgIpc) is 3.20. The van der Waals surface area contributed by atoms with Crippen LogP contribution in [0.2, 0.25) is 0 Å². The summed E-state index contributed by atoms with van der Waals surface area (Å²) in [4.78, 5) is 35.5. The van der Waals surface area contributed by atoms with Crippen LogP contribution < -0.4 is 0 Å². The van der Waals surface area contributed by atoms with E-state index in [1.807, 2.05) is 27.2 Å². The Hall–Kier alpha value is -1.51. The molecule has 0 heterocycles. The summed E-state index contributed by atoms with van der Waals surface area (Å²) in [5, 5.41) is 0. The smallest absolute Gasteiger partial charge is 0.462 e. The number of esters is 2. The van der Waals surface area contributed by atoms with Crippen LogP contribution in [0.25, 0.3) is 0 Å². The molecule has 0 fully saturated rings. The van der Waals surface area contributed by atoms with Crippen LogP contribution >= 0.6 is 7.82 Å². The van der Waals surface area contributed by atoms with Crippen LogP contribution in [-0.4, -0.2) is 74.9 Å². The van der Waals surface area contributed by atoms with Crippen LogP contribution in [0.4, 0.5) is 0 Å². The third kappa shape index (κ3) is 46.0. The van der Waals surface area contributed by atoms with E-state index < -0.39 is 26.5 Å². The summed E-state index contributed by atoms with van der Waals surface area (Å²) >= 11 is 0. The van der Waals surface area contributed by atoms with Crippen molar-refractivity contribution in [3.63, 3.8) is 0 Å². The van der Waals surface area contributed by atoms with Crippen molar-refractivity contribution in [2.75, 3.05) is 47.5 Å². The molecule has 0 bridgehead atoms. The van der Waals surface area contributed by atoms with Gasteiger partial charge in [0, 0.05) is 12.8 Å². The Balaban J connectivity index is 4.22. The molecule has 0 aromatic carbocycles. The highest BCUT2D eigenvalue weighted by atomic mass is 31.2. The molecule has 0 aliphatic rings. The molecule has 0 saturated heterocycles. The first-order chi connectivity index (χ1) is 29.0. The molecule has 0 saturated carbocycles. The fourth-order valence-corrected chi connectivity index (χ4v) is 7.91. The molecule has 2 atom stereocenters. The summed E-state index contributed by atoms with van der Waals surface area (Å²) in [6.45, 7) is 5.97. The predicted octanol–water partition coefficient (Wildman–Crippen LogP) is 14.7. The van der Waals surface area contributed by atoms with Gasteiger partial charge in [-0.1, -0.05) is 186 Å². The maximum absolute atomic E-state index is 12.7. The zero-order chi connectivity index (χ0) is 44.3. The highest BCUT2D eigenvalue weighted by Crippen LogP contribution is 2.43. The number of likely N-dealkylation sites (N-methyl/N-ethyl adjacent to an activating group) is 1. The Morgan fingerprint density at radius 3 is 1.35 bits per heavy atom. The van der Waals surface area contributed by atoms with Crippen molar-refractivity contribution in [2.45, 2.75) is 238 Å². The number of carbonyl (C=O) groups is 2. The second kappa shape index (κ2) is 42.8. The Kier molecular flexibility index (Phi) is 41.7. The molecule has 0 aliphatic carbocycles. The molecule has 1 N–H and O–H groups in total. The van der Waals surface area contributed by atoms with E-state index in [9.17, 15) is 19.0 Å². The van der Waals surface area contributed by atoms with Gasteiger partial charge in [0.1, 0.15) is 19.8 Å². The quantitative estimate of drug-likeness (QED) is 0.0212. The molecule has 0 aromatic rings. The third-order valence-corrected chi connectivity index (χ3v) is 12.1. The molecule has 9 nitrogen and oxygen atoms in total. The Bertz CT molecular complexity index is 1060. The van der Waals surface area contributed by atoms with Gasteiger partial charge in [0.2, 0.25) is 0 Å². The second-order valence-corrected chi connectivity index (χ2v) is 19.7. The van der Waals surface area contributed by atoms with Crippen molar-refractivity contribution in [3.8, 4) is 0 Å². The van der Waals surface area contributed by atoms with Crippen LogP contribution in [0.3, 0.4) is 0 Å². The number of nitrogens with zero attached hydrogens (tertiary/aromatic N) is 1. The van der Waals surface area contributed by atoms with Crippen LogP contribution in [0, 0.1) is 0 Å². The topological polar surface area (TPSA) is 108 Å². The second-order valence-electron chi connectivity index (χ2n) is 18.3. The van der Waals surface area contributed by atoms with E-state index in [-0.39, 0.29) is 32.0 Å². The minimum Gasteiger partial charge on any atom is -0.462 e. The Morgan fingerprint density at radius 1 is 0.550 bits per heavy atom. The standard InChI is InChI=1S/C50H96NO8P/c1-6-8-10-12-14-16-18-20-22-23-24-25-26-27-29-31-33-35-37-39-41-43-50(53)59-48(47-58-60(54,55)57-45-44-51(3,4)5)46-56-49(52)42-40-38-36-34-32-30-28-21-19-17-15-13-11-9-7-2/h7,20,22,48H,2,6,8-19,21,23-47H2,1,3-5H3/p+1/b22-20+/t48-/m1/s1. The van der Waals surface area contributed by atoms with Gasteiger partial charge in [-0.2, -0.15) is 0 Å². The lowest BCUT2D eigenvalue weighted by atomic mass is 10.0. The van der Waals surface area contributed by atoms with Gasteiger partial charge in [-0.15, -0.1) is 6.58 Å². The van der Waals surface area contributed by atoms with Crippen molar-refractivity contribution < 1.29 is 42.1 Å². The largest absolute Gasteiger partial charge is 0.472 e. The predicted molar refractivity (Wildman–Crippen MR) is 252 cm³/mol. The molecular weight excluding hydrogens is 774 g/mol. The number of rotatable bonds is 47. The molecule has 0 amide bonds. The zero-order valence-electron chi connectivity index (χ0n) is 39.8. The van der Waals surface area contributed by atoms with Gasteiger partial charge in [0.05, 0.1) is 27.7 Å². The zero-order valence-corrected chi connectivity index (χ0v) is 40.7. The lowest BCUT2D eigenvalue weighted by Gasteiger charge is -2.24. The van der Waals surface area contributed by atoms with Gasteiger partial charge in [0.25, 0.3) is 0 Å². The normalized spacial score (nSPS) is 13.4. The monoisotopic (exact) mass is 871 g/mol. The SMILES string of the molecule is C=CCCCCCCCCCCCCCCCC(=O)OC[C@H](COP(=O)(O)OCC[N+](C)(C)C)OC(=O)CCCCCCCCCCCCC/C=C/CCCCCCCC. The van der Waals surface area contributed by atoms with E-state index in [1.165, 1.54) is 167 Å². The summed E-state index contributed by atoms with van der Waals surface area (Å²) in [5.74, 6) is -0.792. The third-order valence-electron chi connectivity index (χ3n) is 11.1. The fraction of sp³-hybridized carbons (Fsp3) is 0.880. The number of phosphoric acid groups is 1. The number of allylic oxidation sites excluding steroid dienone is 3. The summed E-state index contributed by atoms with van der Waals surface area (Å²) < 4.78 is 34.4. The minimum atomic E-state index is -4.38. The number of carbonyl (C=O) groups excluding carboxylic acids is 2. The molecule has 1 unspecified atom stereocenters. The summed E-state index contributed by atoms with van der Waals surface area (Å²) in [6.07, 6.45) is 46.9. The molecule has 0 rings (SSSR count). The van der Waals surface area contributed by atoms with E-state index in [0.717, 1.165) is 38.5 Å². The van der Waals surface area contributed by atoms with Crippen LogP contribution in [-0.2, 0) is 32.7 Å². The summed E-state index contributed by atoms with van der Waals surface area (Å²) in [5.41, 5.74) is 0. The lowest BCUT2D eigenvalue weighted by molar-refractivity contribution is -0.870. The van der Waals surface area contributed by atoms with Crippen molar-refractivity contribution in [2.24, 2.45) is 0 Å². The number of hydrogen-bond donors (Lipinski definition) is 1. The van der Waals surface area contributed by atoms with Crippen molar-refractivity contribution in [3.05, 3.63) is 24.8 Å². The van der Waals surface area contributed by atoms with E-state index in [2.05, 4.69) is 25.7 Å². The first-order valence-electron chi connectivity index (χ1n) is 25.0. The van der Waals surface area contributed by atoms with E-state index in [1.54, 1.807) is 0 Å². The lowest BCUT2D eigenvalue weighted by Crippen LogP contribution is -2.37. The fourth-order valence-electron chi connectivity index (χ4n) is 7.17. The van der Waals surface area contributed by atoms with Gasteiger partial charge in [-0.25, -0.2) is 4.57 Å². The van der Waals surface area contributed by atoms with Crippen LogP contribution in [0.5, 0.6) is 0 Å².